The van der Waals surface area contributed by atoms with Crippen LogP contribution in [0.1, 0.15) is 50.0 Å². The maximum atomic E-state index is 11.7. The van der Waals surface area contributed by atoms with Gasteiger partial charge in [-0.3, -0.25) is 0 Å². The van der Waals surface area contributed by atoms with E-state index in [1.54, 1.807) is 0 Å². The molecule has 1 saturated heterocycles. The van der Waals surface area contributed by atoms with Crippen molar-refractivity contribution < 1.29 is 14.6 Å². The van der Waals surface area contributed by atoms with E-state index in [0.29, 0.717) is 24.2 Å². The van der Waals surface area contributed by atoms with Gasteiger partial charge < -0.3 is 14.7 Å². The third-order valence-corrected chi connectivity index (χ3v) is 4.55. The van der Waals surface area contributed by atoms with Gasteiger partial charge in [-0.25, -0.2) is 4.79 Å². The summed E-state index contributed by atoms with van der Waals surface area (Å²) in [4.78, 5) is 15.2. The highest BCUT2D eigenvalue weighted by molar-refractivity contribution is 5.91. The van der Waals surface area contributed by atoms with E-state index >= 15 is 0 Å². The predicted octanol–water partition coefficient (Wildman–Crippen LogP) is 3.13. The summed E-state index contributed by atoms with van der Waals surface area (Å²) in [6, 6.07) is 7.63. The van der Waals surface area contributed by atoms with Crippen molar-refractivity contribution in [2.75, 3.05) is 18.1 Å². The van der Waals surface area contributed by atoms with E-state index in [-0.39, 0.29) is 5.69 Å². The van der Waals surface area contributed by atoms with Crippen LogP contribution in [0, 0.1) is 0 Å². The third-order valence-electron chi connectivity index (χ3n) is 4.55. The molecule has 1 aromatic carbocycles. The third kappa shape index (κ3) is 3.60. The van der Waals surface area contributed by atoms with E-state index < -0.39 is 5.97 Å². The van der Waals surface area contributed by atoms with Gasteiger partial charge in [-0.1, -0.05) is 6.92 Å². The van der Waals surface area contributed by atoms with Crippen LogP contribution >= 0.6 is 0 Å². The molecule has 1 aromatic heterocycles. The fourth-order valence-corrected chi connectivity index (χ4v) is 3.29. The normalized spacial score (nSPS) is 17.5. The van der Waals surface area contributed by atoms with Gasteiger partial charge in [-0.05, 0) is 56.9 Å². The van der Waals surface area contributed by atoms with Crippen LogP contribution in [0.3, 0.4) is 0 Å². The molecule has 0 radical (unpaired) electrons. The summed E-state index contributed by atoms with van der Waals surface area (Å²) in [7, 11) is 0. The van der Waals surface area contributed by atoms with Gasteiger partial charge in [0.05, 0.1) is 12.3 Å². The van der Waals surface area contributed by atoms with E-state index in [1.807, 2.05) is 31.2 Å². The summed E-state index contributed by atoms with van der Waals surface area (Å²) in [5, 5.41) is 18.3. The molecule has 0 bridgehead atoms. The van der Waals surface area contributed by atoms with E-state index in [0.717, 1.165) is 31.6 Å². The maximum Gasteiger partial charge on any atom is 0.360 e. The number of carboxylic acids is 1. The second kappa shape index (κ2) is 7.55. The van der Waals surface area contributed by atoms with Crippen molar-refractivity contribution in [2.45, 2.75) is 45.6 Å². The Hall–Kier alpha value is -2.57. The highest BCUT2D eigenvalue weighted by Gasteiger charge is 2.29. The van der Waals surface area contributed by atoms with Gasteiger partial charge in [0.15, 0.2) is 5.82 Å². The molecule has 2 aromatic rings. The number of nitrogens with zero attached hydrogens (tertiary/aromatic N) is 4. The van der Waals surface area contributed by atoms with E-state index in [9.17, 15) is 9.90 Å². The molecular formula is C18H24N4O3. The Kier molecular flexibility index (Phi) is 5.21. The van der Waals surface area contributed by atoms with Gasteiger partial charge >= 0.3 is 5.97 Å². The molecule has 1 aliphatic rings. The lowest BCUT2D eigenvalue weighted by Crippen LogP contribution is -2.40. The second-order valence-electron chi connectivity index (χ2n) is 6.14. The SMILES string of the molecule is CCOc1ccc(-n2nc(C(=O)O)c(N3CCCC[C@H]3CC)n2)cc1. The molecule has 2 heterocycles. The number of aromatic nitrogens is 3. The summed E-state index contributed by atoms with van der Waals surface area (Å²) in [5.74, 6) is 0.180. The van der Waals surface area contributed by atoms with Gasteiger partial charge in [-0.15, -0.1) is 15.0 Å². The topological polar surface area (TPSA) is 80.5 Å². The van der Waals surface area contributed by atoms with Gasteiger partial charge in [0.2, 0.25) is 5.69 Å². The average Bonchev–Trinajstić information content (AvgIpc) is 3.08. The van der Waals surface area contributed by atoms with Crippen LogP contribution in [0.4, 0.5) is 5.82 Å². The van der Waals surface area contributed by atoms with Crippen LogP contribution in [-0.4, -0.2) is 45.3 Å². The van der Waals surface area contributed by atoms with Crippen LogP contribution in [-0.2, 0) is 0 Å². The van der Waals surface area contributed by atoms with Gasteiger partial charge in [0.25, 0.3) is 0 Å². The monoisotopic (exact) mass is 344 g/mol. The van der Waals surface area contributed by atoms with Crippen molar-refractivity contribution in [3.05, 3.63) is 30.0 Å². The zero-order valence-corrected chi connectivity index (χ0v) is 14.7. The smallest absolute Gasteiger partial charge is 0.360 e. The minimum absolute atomic E-state index is 0.00855. The summed E-state index contributed by atoms with van der Waals surface area (Å²) in [6.45, 7) is 5.47. The molecule has 3 rings (SSSR count). The zero-order valence-electron chi connectivity index (χ0n) is 14.7. The number of aromatic carboxylic acids is 1. The molecule has 0 saturated carbocycles. The number of hydrogen-bond acceptors (Lipinski definition) is 5. The lowest BCUT2D eigenvalue weighted by Gasteiger charge is -2.35. The largest absolute Gasteiger partial charge is 0.494 e. The highest BCUT2D eigenvalue weighted by atomic mass is 16.5. The quantitative estimate of drug-likeness (QED) is 0.867. The van der Waals surface area contributed by atoms with Crippen LogP contribution in [0.2, 0.25) is 0 Å². The molecular weight excluding hydrogens is 320 g/mol. The molecule has 25 heavy (non-hydrogen) atoms. The fraction of sp³-hybridized carbons (Fsp3) is 0.500. The lowest BCUT2D eigenvalue weighted by atomic mass is 10.00. The number of benzene rings is 1. The Morgan fingerprint density at radius 1 is 1.24 bits per heavy atom. The van der Waals surface area contributed by atoms with Crippen LogP contribution < -0.4 is 9.64 Å². The predicted molar refractivity (Wildman–Crippen MR) is 94.8 cm³/mol. The van der Waals surface area contributed by atoms with Crippen LogP contribution in [0.15, 0.2) is 24.3 Å². The number of carboxylic acid groups (broad SMARTS) is 1. The highest BCUT2D eigenvalue weighted by Crippen LogP contribution is 2.28. The molecule has 1 atom stereocenters. The van der Waals surface area contributed by atoms with Gasteiger partial charge in [0.1, 0.15) is 5.75 Å². The first-order valence-corrected chi connectivity index (χ1v) is 8.84. The number of piperidine rings is 1. The number of rotatable bonds is 6. The number of carbonyl (C=O) groups is 1. The Morgan fingerprint density at radius 2 is 2.00 bits per heavy atom. The van der Waals surface area contributed by atoms with Crippen molar-refractivity contribution in [1.29, 1.82) is 0 Å². The fourth-order valence-electron chi connectivity index (χ4n) is 3.29. The van der Waals surface area contributed by atoms with Gasteiger partial charge in [-0.2, -0.15) is 0 Å². The zero-order chi connectivity index (χ0) is 17.8. The molecule has 0 amide bonds. The lowest BCUT2D eigenvalue weighted by molar-refractivity contribution is 0.0690. The van der Waals surface area contributed by atoms with Crippen molar-refractivity contribution >= 4 is 11.8 Å². The summed E-state index contributed by atoms with van der Waals surface area (Å²) < 4.78 is 5.44. The molecule has 1 aliphatic heterocycles. The first-order chi connectivity index (χ1) is 12.1. The Bertz CT molecular complexity index is 726. The van der Waals surface area contributed by atoms with Crippen molar-refractivity contribution in [1.82, 2.24) is 15.0 Å². The summed E-state index contributed by atoms with van der Waals surface area (Å²) in [6.07, 6.45) is 4.25. The first kappa shape index (κ1) is 17.3. The molecule has 7 nitrogen and oxygen atoms in total. The molecule has 1 fully saturated rings. The maximum absolute atomic E-state index is 11.7. The first-order valence-electron chi connectivity index (χ1n) is 8.84. The number of hydrogen-bond donors (Lipinski definition) is 1. The Morgan fingerprint density at radius 3 is 2.64 bits per heavy atom. The standard InChI is InChI=1S/C18H24N4O3/c1-3-13-7-5-6-12-21(13)17-16(18(23)24)19-22(20-17)14-8-10-15(11-9-14)25-4-2/h8-11,13H,3-7,12H2,1-2H3,(H,23,24)/t13-/m1/s1. The Labute approximate surface area is 147 Å². The van der Waals surface area contributed by atoms with E-state index in [1.165, 1.54) is 11.2 Å². The van der Waals surface area contributed by atoms with Crippen molar-refractivity contribution in [2.24, 2.45) is 0 Å². The van der Waals surface area contributed by atoms with Crippen molar-refractivity contribution in [3.8, 4) is 11.4 Å². The minimum atomic E-state index is -1.05. The number of anilines is 1. The van der Waals surface area contributed by atoms with Crippen LogP contribution in [0.25, 0.3) is 5.69 Å². The molecule has 0 aliphatic carbocycles. The van der Waals surface area contributed by atoms with Crippen LogP contribution in [0.5, 0.6) is 5.75 Å². The summed E-state index contributed by atoms with van der Waals surface area (Å²) >= 11 is 0. The van der Waals surface area contributed by atoms with Crippen molar-refractivity contribution in [3.63, 3.8) is 0 Å². The molecule has 1 N–H and O–H groups in total. The number of ether oxygens (including phenoxy) is 1. The van der Waals surface area contributed by atoms with E-state index in [2.05, 4.69) is 22.0 Å². The average molecular weight is 344 g/mol. The minimum Gasteiger partial charge on any atom is -0.494 e. The molecule has 0 unspecified atom stereocenters. The molecule has 134 valence electrons. The summed E-state index contributed by atoms with van der Waals surface area (Å²) in [5.41, 5.74) is 0.719. The van der Waals surface area contributed by atoms with Gasteiger partial charge in [0, 0.05) is 12.6 Å². The Balaban J connectivity index is 1.95. The van der Waals surface area contributed by atoms with E-state index in [4.69, 9.17) is 4.74 Å². The molecule has 0 spiro atoms. The molecule has 7 heteroatoms. The second-order valence-corrected chi connectivity index (χ2v) is 6.14.